The molecule has 0 aliphatic heterocycles. The fourth-order valence-electron chi connectivity index (χ4n) is 3.86. The van der Waals surface area contributed by atoms with Crippen molar-refractivity contribution in [2.45, 2.75) is 76.9 Å². The number of nitrogens with one attached hydrogen (secondary N) is 1. The first-order valence-electron chi connectivity index (χ1n) is 11.4. The van der Waals surface area contributed by atoms with Crippen LogP contribution < -0.4 is 11.2 Å². The van der Waals surface area contributed by atoms with Gasteiger partial charge in [-0.05, 0) is 18.9 Å². The maximum atomic E-state index is 12.6. The number of H-pyrrole nitrogens is 1. The highest BCUT2D eigenvalue weighted by Crippen LogP contribution is 2.24. The number of hydrogen-bond acceptors (Lipinski definition) is 4. The number of aromatic nitrogens is 4. The summed E-state index contributed by atoms with van der Waals surface area (Å²) in [6.45, 7) is 4.86. The molecule has 0 fully saturated rings. The van der Waals surface area contributed by atoms with Crippen LogP contribution in [0.25, 0.3) is 11.2 Å². The molecule has 0 radical (unpaired) electrons. The number of nitrogens with zero attached hydrogens (tertiary/aromatic N) is 3. The van der Waals surface area contributed by atoms with E-state index in [1.54, 1.807) is 18.8 Å². The molecule has 0 spiro atoms. The lowest BCUT2D eigenvalue weighted by molar-refractivity contribution is 0.586. The second kappa shape index (κ2) is 11.4. The molecule has 7 heteroatoms. The average molecular weight is 443 g/mol. The first-order chi connectivity index (χ1) is 15.0. The maximum absolute atomic E-state index is 12.6. The summed E-state index contributed by atoms with van der Waals surface area (Å²) in [6.07, 6.45) is 10.2. The molecule has 0 amide bonds. The van der Waals surface area contributed by atoms with Crippen LogP contribution in [-0.4, -0.2) is 24.9 Å². The van der Waals surface area contributed by atoms with Gasteiger partial charge in [-0.15, -0.1) is 0 Å². The Bertz CT molecular complexity index is 1110. The van der Waals surface area contributed by atoms with E-state index in [-0.39, 0.29) is 5.56 Å². The molecule has 6 nitrogen and oxygen atoms in total. The van der Waals surface area contributed by atoms with E-state index < -0.39 is 5.69 Å². The molecule has 3 rings (SSSR count). The molecular formula is C24H34N4O2S. The van der Waals surface area contributed by atoms with E-state index in [0.29, 0.717) is 17.7 Å². The standard InChI is InChI=1S/C24H34N4O2S/c1-4-5-6-7-8-9-10-11-15-31-24-25-21-20(22(29)26-23(30)27(21)3)28(24)17-19-14-12-13-18(2)16-19/h12-14,16H,4-11,15,17H2,1-3H3,(H,26,29,30). The second-order valence-corrected chi connectivity index (χ2v) is 9.35. The summed E-state index contributed by atoms with van der Waals surface area (Å²) in [4.78, 5) is 31.8. The number of thioether (sulfide) groups is 1. The van der Waals surface area contributed by atoms with Crippen LogP contribution in [0, 0.1) is 6.92 Å². The Morgan fingerprint density at radius 2 is 1.74 bits per heavy atom. The molecule has 1 N–H and O–H groups in total. The van der Waals surface area contributed by atoms with Gasteiger partial charge in [0.25, 0.3) is 5.56 Å². The molecule has 0 aliphatic rings. The quantitative estimate of drug-likeness (QED) is 0.316. The van der Waals surface area contributed by atoms with E-state index in [2.05, 4.69) is 42.0 Å². The Morgan fingerprint density at radius 1 is 1.03 bits per heavy atom. The molecule has 0 bridgehead atoms. The SMILES string of the molecule is CCCCCCCCCCSc1nc2c(c(=O)[nH]c(=O)n2C)n1Cc1cccc(C)c1. The number of hydrogen-bond donors (Lipinski definition) is 1. The van der Waals surface area contributed by atoms with Gasteiger partial charge in [0.15, 0.2) is 16.3 Å². The van der Waals surface area contributed by atoms with Gasteiger partial charge in [0.1, 0.15) is 0 Å². The van der Waals surface area contributed by atoms with Crippen molar-refractivity contribution in [3.8, 4) is 0 Å². The van der Waals surface area contributed by atoms with Gasteiger partial charge in [-0.1, -0.05) is 93.5 Å². The van der Waals surface area contributed by atoms with Gasteiger partial charge in [0.2, 0.25) is 0 Å². The molecule has 0 saturated carbocycles. The lowest BCUT2D eigenvalue weighted by Gasteiger charge is -2.09. The summed E-state index contributed by atoms with van der Waals surface area (Å²) < 4.78 is 3.38. The Balaban J connectivity index is 1.74. The van der Waals surface area contributed by atoms with Crippen LogP contribution >= 0.6 is 11.8 Å². The lowest BCUT2D eigenvalue weighted by atomic mass is 10.1. The molecule has 1 aromatic carbocycles. The van der Waals surface area contributed by atoms with E-state index in [1.165, 1.54) is 55.1 Å². The normalized spacial score (nSPS) is 11.5. The molecule has 2 heterocycles. The van der Waals surface area contributed by atoms with Gasteiger partial charge >= 0.3 is 5.69 Å². The molecule has 0 saturated heterocycles. The first-order valence-corrected chi connectivity index (χ1v) is 12.4. The number of rotatable bonds is 12. The van der Waals surface area contributed by atoms with Crippen LogP contribution in [0.2, 0.25) is 0 Å². The zero-order valence-electron chi connectivity index (χ0n) is 18.9. The first kappa shape index (κ1) is 23.4. The fourth-order valence-corrected chi connectivity index (χ4v) is 4.86. The largest absolute Gasteiger partial charge is 0.329 e. The molecule has 2 aromatic heterocycles. The predicted octanol–water partition coefficient (Wildman–Crippen LogP) is 5.01. The molecule has 168 valence electrons. The van der Waals surface area contributed by atoms with Crippen molar-refractivity contribution < 1.29 is 0 Å². The van der Waals surface area contributed by atoms with Gasteiger partial charge in [-0.2, -0.15) is 0 Å². The molecule has 0 aliphatic carbocycles. The Labute approximate surface area is 188 Å². The monoisotopic (exact) mass is 442 g/mol. The van der Waals surface area contributed by atoms with Crippen molar-refractivity contribution in [1.29, 1.82) is 0 Å². The molecule has 0 unspecified atom stereocenters. The zero-order chi connectivity index (χ0) is 22.2. The summed E-state index contributed by atoms with van der Waals surface area (Å²) >= 11 is 1.68. The van der Waals surface area contributed by atoms with Crippen molar-refractivity contribution in [1.82, 2.24) is 19.1 Å². The van der Waals surface area contributed by atoms with Gasteiger partial charge in [-0.3, -0.25) is 14.3 Å². The smallest absolute Gasteiger partial charge is 0.309 e. The Kier molecular flexibility index (Phi) is 8.58. The van der Waals surface area contributed by atoms with Crippen LogP contribution in [0.5, 0.6) is 0 Å². The van der Waals surface area contributed by atoms with Crippen LogP contribution in [0.3, 0.4) is 0 Å². The molecule has 0 atom stereocenters. The topological polar surface area (TPSA) is 72.7 Å². The summed E-state index contributed by atoms with van der Waals surface area (Å²) in [5, 5.41) is 0.797. The fraction of sp³-hybridized carbons (Fsp3) is 0.542. The summed E-state index contributed by atoms with van der Waals surface area (Å²) in [7, 11) is 1.65. The van der Waals surface area contributed by atoms with Crippen LogP contribution in [0.4, 0.5) is 0 Å². The highest BCUT2D eigenvalue weighted by Gasteiger charge is 2.18. The van der Waals surface area contributed by atoms with Gasteiger partial charge in [0, 0.05) is 12.8 Å². The third-order valence-electron chi connectivity index (χ3n) is 5.62. The van der Waals surface area contributed by atoms with Gasteiger partial charge in [-0.25, -0.2) is 9.78 Å². The number of benzene rings is 1. The van der Waals surface area contributed by atoms with Crippen molar-refractivity contribution in [2.24, 2.45) is 7.05 Å². The van der Waals surface area contributed by atoms with Crippen molar-refractivity contribution in [2.75, 3.05) is 5.75 Å². The third-order valence-corrected chi connectivity index (χ3v) is 6.69. The Hall–Kier alpha value is -2.28. The maximum Gasteiger partial charge on any atom is 0.329 e. The number of aromatic amines is 1. The molecule has 3 aromatic rings. The molecule has 31 heavy (non-hydrogen) atoms. The van der Waals surface area contributed by atoms with E-state index in [1.807, 2.05) is 10.6 Å². The summed E-state index contributed by atoms with van der Waals surface area (Å²) in [5.41, 5.74) is 2.38. The number of fused-ring (bicyclic) bond motifs is 1. The van der Waals surface area contributed by atoms with E-state index >= 15 is 0 Å². The summed E-state index contributed by atoms with van der Waals surface area (Å²) in [5.74, 6) is 0.956. The van der Waals surface area contributed by atoms with Gasteiger partial charge in [0.05, 0.1) is 6.54 Å². The van der Waals surface area contributed by atoms with Crippen molar-refractivity contribution in [3.63, 3.8) is 0 Å². The minimum Gasteiger partial charge on any atom is -0.309 e. The number of unbranched alkanes of at least 4 members (excludes halogenated alkanes) is 7. The van der Waals surface area contributed by atoms with Crippen LogP contribution in [0.1, 0.15) is 69.4 Å². The number of imidazole rings is 1. The van der Waals surface area contributed by atoms with E-state index in [4.69, 9.17) is 0 Å². The van der Waals surface area contributed by atoms with E-state index in [9.17, 15) is 9.59 Å². The third kappa shape index (κ3) is 6.12. The zero-order valence-corrected chi connectivity index (χ0v) is 19.8. The average Bonchev–Trinajstić information content (AvgIpc) is 3.10. The lowest BCUT2D eigenvalue weighted by Crippen LogP contribution is -2.29. The van der Waals surface area contributed by atoms with Crippen molar-refractivity contribution in [3.05, 3.63) is 56.2 Å². The highest BCUT2D eigenvalue weighted by molar-refractivity contribution is 7.99. The molecular weight excluding hydrogens is 408 g/mol. The van der Waals surface area contributed by atoms with Gasteiger partial charge < -0.3 is 4.57 Å². The number of aryl methyl sites for hydroxylation is 2. The van der Waals surface area contributed by atoms with Crippen LogP contribution in [-0.2, 0) is 13.6 Å². The highest BCUT2D eigenvalue weighted by atomic mass is 32.2. The van der Waals surface area contributed by atoms with E-state index in [0.717, 1.165) is 22.9 Å². The van der Waals surface area contributed by atoms with Crippen LogP contribution in [0.15, 0.2) is 39.0 Å². The van der Waals surface area contributed by atoms with Crippen molar-refractivity contribution >= 4 is 22.9 Å². The summed E-state index contributed by atoms with van der Waals surface area (Å²) in [6, 6.07) is 8.26. The predicted molar refractivity (Wildman–Crippen MR) is 129 cm³/mol. The minimum absolute atomic E-state index is 0.378. The minimum atomic E-state index is -0.433. The Morgan fingerprint density at radius 3 is 2.45 bits per heavy atom. The second-order valence-electron chi connectivity index (χ2n) is 8.28.